The average Bonchev–Trinajstić information content (AvgIpc) is 2.54. The Balaban J connectivity index is 1.98. The van der Waals surface area contributed by atoms with Gasteiger partial charge in [-0.1, -0.05) is 63.9 Å². The smallest absolute Gasteiger partial charge is 0.0261 e. The van der Waals surface area contributed by atoms with E-state index in [2.05, 4.69) is 61.3 Å². The number of hydrogen-bond acceptors (Lipinski definition) is 2. The molecule has 1 aromatic carbocycles. The third-order valence-electron chi connectivity index (χ3n) is 5.01. The maximum absolute atomic E-state index is 3.80. The Morgan fingerprint density at radius 3 is 2.67 bits per heavy atom. The summed E-state index contributed by atoms with van der Waals surface area (Å²) < 4.78 is 0. The third kappa shape index (κ3) is 4.82. The van der Waals surface area contributed by atoms with E-state index in [0.29, 0.717) is 12.1 Å². The Labute approximate surface area is 130 Å². The molecule has 0 bridgehead atoms. The van der Waals surface area contributed by atoms with Crippen molar-refractivity contribution < 1.29 is 0 Å². The highest BCUT2D eigenvalue weighted by atomic mass is 15.2. The number of hydrogen-bond donors (Lipinski definition) is 1. The van der Waals surface area contributed by atoms with E-state index < -0.39 is 0 Å². The normalized spacial score (nSPS) is 24.9. The van der Waals surface area contributed by atoms with Gasteiger partial charge in [-0.25, -0.2) is 0 Å². The Kier molecular flexibility index (Phi) is 6.72. The van der Waals surface area contributed by atoms with Gasteiger partial charge in [0.05, 0.1) is 0 Å². The van der Waals surface area contributed by atoms with Crippen molar-refractivity contribution in [3.63, 3.8) is 0 Å². The lowest BCUT2D eigenvalue weighted by Crippen LogP contribution is -2.59. The Morgan fingerprint density at radius 2 is 2.00 bits per heavy atom. The standard InChI is InChI=1S/C19H32N2/c1-4-6-12-21-15-19(16(3)5-2)20-14-18(21)13-17-10-8-7-9-11-17/h7-11,16,18-20H,4-6,12-15H2,1-3H3. The van der Waals surface area contributed by atoms with Crippen LogP contribution in [0.15, 0.2) is 30.3 Å². The number of benzene rings is 1. The van der Waals surface area contributed by atoms with Crippen LogP contribution in [0.5, 0.6) is 0 Å². The number of nitrogens with one attached hydrogen (secondary N) is 1. The molecule has 2 rings (SSSR count). The lowest BCUT2D eigenvalue weighted by molar-refractivity contribution is 0.107. The Bertz CT molecular complexity index is 390. The molecule has 0 saturated carbocycles. The molecule has 1 fully saturated rings. The van der Waals surface area contributed by atoms with Gasteiger partial charge in [-0.3, -0.25) is 4.90 Å². The molecule has 118 valence electrons. The zero-order chi connectivity index (χ0) is 15.1. The minimum atomic E-state index is 0.652. The van der Waals surface area contributed by atoms with Gasteiger partial charge in [0, 0.05) is 25.2 Å². The van der Waals surface area contributed by atoms with Crippen molar-refractivity contribution >= 4 is 0 Å². The second-order valence-corrected chi connectivity index (χ2v) is 6.59. The van der Waals surface area contributed by atoms with Crippen LogP contribution in [-0.2, 0) is 6.42 Å². The largest absolute Gasteiger partial charge is 0.311 e. The van der Waals surface area contributed by atoms with Gasteiger partial charge in [0.1, 0.15) is 0 Å². The molecule has 1 heterocycles. The number of nitrogens with zero attached hydrogens (tertiary/aromatic N) is 1. The maximum Gasteiger partial charge on any atom is 0.0261 e. The average molecular weight is 288 g/mol. The molecular weight excluding hydrogens is 256 g/mol. The topological polar surface area (TPSA) is 15.3 Å². The van der Waals surface area contributed by atoms with E-state index in [0.717, 1.165) is 12.5 Å². The quantitative estimate of drug-likeness (QED) is 0.822. The van der Waals surface area contributed by atoms with Crippen LogP contribution < -0.4 is 5.32 Å². The first-order chi connectivity index (χ1) is 10.2. The first-order valence-corrected chi connectivity index (χ1v) is 8.76. The van der Waals surface area contributed by atoms with Crippen molar-refractivity contribution in [3.8, 4) is 0 Å². The Morgan fingerprint density at radius 1 is 1.24 bits per heavy atom. The molecule has 3 unspecified atom stereocenters. The van der Waals surface area contributed by atoms with E-state index in [-0.39, 0.29) is 0 Å². The van der Waals surface area contributed by atoms with Crippen LogP contribution >= 0.6 is 0 Å². The first-order valence-electron chi connectivity index (χ1n) is 8.76. The molecule has 2 heteroatoms. The summed E-state index contributed by atoms with van der Waals surface area (Å²) in [5, 5.41) is 3.80. The molecule has 21 heavy (non-hydrogen) atoms. The van der Waals surface area contributed by atoms with E-state index in [1.54, 1.807) is 0 Å². The van der Waals surface area contributed by atoms with E-state index in [9.17, 15) is 0 Å². The molecule has 0 radical (unpaired) electrons. The van der Waals surface area contributed by atoms with E-state index in [1.807, 2.05) is 0 Å². The van der Waals surface area contributed by atoms with Crippen LogP contribution in [0.1, 0.15) is 45.6 Å². The van der Waals surface area contributed by atoms with Crippen LogP contribution in [0.25, 0.3) is 0 Å². The molecule has 0 aromatic heterocycles. The lowest BCUT2D eigenvalue weighted by Gasteiger charge is -2.42. The number of piperazine rings is 1. The highest BCUT2D eigenvalue weighted by Crippen LogP contribution is 2.18. The van der Waals surface area contributed by atoms with Gasteiger partial charge in [-0.05, 0) is 30.9 Å². The minimum Gasteiger partial charge on any atom is -0.311 e. The SMILES string of the molecule is CCCCN1CC(C(C)CC)NCC1Cc1ccccc1. The zero-order valence-corrected chi connectivity index (χ0v) is 14.0. The number of unbranched alkanes of at least 4 members (excludes halogenated alkanes) is 1. The Hall–Kier alpha value is -0.860. The highest BCUT2D eigenvalue weighted by Gasteiger charge is 2.29. The van der Waals surface area contributed by atoms with Crippen molar-refractivity contribution in [1.82, 2.24) is 10.2 Å². The molecule has 1 N–H and O–H groups in total. The maximum atomic E-state index is 3.80. The van der Waals surface area contributed by atoms with Gasteiger partial charge in [-0.2, -0.15) is 0 Å². The third-order valence-corrected chi connectivity index (χ3v) is 5.01. The van der Waals surface area contributed by atoms with Crippen molar-refractivity contribution in [2.24, 2.45) is 5.92 Å². The number of rotatable bonds is 7. The van der Waals surface area contributed by atoms with Crippen molar-refractivity contribution in [3.05, 3.63) is 35.9 Å². The van der Waals surface area contributed by atoms with Crippen molar-refractivity contribution in [2.75, 3.05) is 19.6 Å². The van der Waals surface area contributed by atoms with Crippen LogP contribution in [-0.4, -0.2) is 36.6 Å². The van der Waals surface area contributed by atoms with Crippen LogP contribution in [0, 0.1) is 5.92 Å². The fraction of sp³-hybridized carbons (Fsp3) is 0.684. The predicted octanol–water partition coefficient (Wildman–Crippen LogP) is 3.72. The summed E-state index contributed by atoms with van der Waals surface area (Å²) in [6.07, 6.45) is 5.04. The zero-order valence-electron chi connectivity index (χ0n) is 14.0. The predicted molar refractivity (Wildman–Crippen MR) is 91.7 cm³/mol. The fourth-order valence-corrected chi connectivity index (χ4v) is 3.27. The summed E-state index contributed by atoms with van der Waals surface area (Å²) >= 11 is 0. The summed E-state index contributed by atoms with van der Waals surface area (Å²) in [5.74, 6) is 0.770. The van der Waals surface area contributed by atoms with E-state index in [4.69, 9.17) is 0 Å². The summed E-state index contributed by atoms with van der Waals surface area (Å²) in [5.41, 5.74) is 1.47. The van der Waals surface area contributed by atoms with Gasteiger partial charge in [-0.15, -0.1) is 0 Å². The highest BCUT2D eigenvalue weighted by molar-refractivity contribution is 5.16. The van der Waals surface area contributed by atoms with Crippen molar-refractivity contribution in [1.29, 1.82) is 0 Å². The second kappa shape index (κ2) is 8.55. The monoisotopic (exact) mass is 288 g/mol. The minimum absolute atomic E-state index is 0.652. The molecule has 0 spiro atoms. The molecular formula is C19H32N2. The van der Waals surface area contributed by atoms with Gasteiger partial charge >= 0.3 is 0 Å². The van der Waals surface area contributed by atoms with Gasteiger partial charge < -0.3 is 5.32 Å². The fourth-order valence-electron chi connectivity index (χ4n) is 3.27. The van der Waals surface area contributed by atoms with Crippen LogP contribution in [0.4, 0.5) is 0 Å². The molecule has 1 aliphatic rings. The molecule has 0 aliphatic carbocycles. The molecule has 1 aromatic rings. The first kappa shape index (κ1) is 16.5. The molecule has 3 atom stereocenters. The summed E-state index contributed by atoms with van der Waals surface area (Å²) in [4.78, 5) is 2.74. The van der Waals surface area contributed by atoms with Crippen LogP contribution in [0.3, 0.4) is 0 Å². The lowest BCUT2D eigenvalue weighted by atomic mass is 9.93. The summed E-state index contributed by atoms with van der Waals surface area (Å²) in [6.45, 7) is 10.6. The molecule has 2 nitrogen and oxygen atoms in total. The van der Waals surface area contributed by atoms with Crippen LogP contribution in [0.2, 0.25) is 0 Å². The molecule has 1 saturated heterocycles. The van der Waals surface area contributed by atoms with Gasteiger partial charge in [0.2, 0.25) is 0 Å². The van der Waals surface area contributed by atoms with E-state index in [1.165, 1.54) is 44.3 Å². The van der Waals surface area contributed by atoms with E-state index >= 15 is 0 Å². The van der Waals surface area contributed by atoms with Gasteiger partial charge in [0.25, 0.3) is 0 Å². The summed E-state index contributed by atoms with van der Waals surface area (Å²) in [6, 6.07) is 12.3. The summed E-state index contributed by atoms with van der Waals surface area (Å²) in [7, 11) is 0. The molecule has 1 aliphatic heterocycles. The molecule has 0 amide bonds. The second-order valence-electron chi connectivity index (χ2n) is 6.59. The van der Waals surface area contributed by atoms with Gasteiger partial charge in [0.15, 0.2) is 0 Å². The van der Waals surface area contributed by atoms with Crippen molar-refractivity contribution in [2.45, 2.75) is 58.5 Å².